The molecule has 2 amide bonds. The van der Waals surface area contributed by atoms with Crippen LogP contribution in [0.2, 0.25) is 0 Å². The Kier molecular flexibility index (Phi) is 4.97. The van der Waals surface area contributed by atoms with Crippen molar-refractivity contribution in [3.8, 4) is 0 Å². The molecular weight excluding hydrogens is 340 g/mol. The number of hydrogen-bond acceptors (Lipinski definition) is 4. The van der Waals surface area contributed by atoms with E-state index in [2.05, 4.69) is 23.1 Å². The fourth-order valence-electron chi connectivity index (χ4n) is 4.09. The van der Waals surface area contributed by atoms with Crippen LogP contribution in [-0.4, -0.2) is 65.9 Å². The van der Waals surface area contributed by atoms with Gasteiger partial charge in [-0.3, -0.25) is 9.59 Å². The number of carbonyl (C=O) groups excluding carboxylic acids is 2. The van der Waals surface area contributed by atoms with Gasteiger partial charge in [-0.2, -0.15) is 0 Å². The number of pyridine rings is 1. The molecule has 0 spiro atoms. The van der Waals surface area contributed by atoms with Gasteiger partial charge in [0.05, 0.1) is 5.52 Å². The number of nitrogens with zero attached hydrogens (tertiary/aromatic N) is 4. The predicted molar refractivity (Wildman–Crippen MR) is 106 cm³/mol. The summed E-state index contributed by atoms with van der Waals surface area (Å²) >= 11 is 0. The first-order valence-electron chi connectivity index (χ1n) is 9.77. The number of para-hydroxylation sites is 1. The van der Waals surface area contributed by atoms with Crippen LogP contribution in [0.15, 0.2) is 36.4 Å². The van der Waals surface area contributed by atoms with Crippen molar-refractivity contribution in [2.45, 2.75) is 19.8 Å². The van der Waals surface area contributed by atoms with Crippen molar-refractivity contribution in [2.24, 2.45) is 5.92 Å². The van der Waals surface area contributed by atoms with Crippen molar-refractivity contribution in [1.82, 2.24) is 14.8 Å². The van der Waals surface area contributed by atoms with Crippen LogP contribution in [-0.2, 0) is 9.59 Å². The monoisotopic (exact) mass is 366 g/mol. The van der Waals surface area contributed by atoms with E-state index in [0.717, 1.165) is 55.7 Å². The third-order valence-electron chi connectivity index (χ3n) is 5.79. The highest BCUT2D eigenvalue weighted by Crippen LogP contribution is 2.23. The summed E-state index contributed by atoms with van der Waals surface area (Å²) in [5, 5.41) is 1.15. The van der Waals surface area contributed by atoms with Crippen LogP contribution in [0.5, 0.6) is 0 Å². The molecule has 6 heteroatoms. The normalized spacial score (nSPS) is 18.8. The fourth-order valence-corrected chi connectivity index (χ4v) is 4.09. The molecule has 2 aliphatic rings. The highest BCUT2D eigenvalue weighted by molar-refractivity contribution is 5.81. The molecule has 1 aromatic carbocycles. The second-order valence-electron chi connectivity index (χ2n) is 7.45. The molecule has 6 nitrogen and oxygen atoms in total. The molecule has 0 unspecified atom stereocenters. The molecule has 2 saturated heterocycles. The molecule has 142 valence electrons. The zero-order chi connectivity index (χ0) is 18.8. The lowest BCUT2D eigenvalue weighted by molar-refractivity contribution is -0.140. The van der Waals surface area contributed by atoms with E-state index >= 15 is 0 Å². The summed E-state index contributed by atoms with van der Waals surface area (Å²) in [5.41, 5.74) is 1.01. The van der Waals surface area contributed by atoms with E-state index in [1.165, 1.54) is 0 Å². The molecule has 0 saturated carbocycles. The van der Waals surface area contributed by atoms with Crippen LogP contribution in [0.3, 0.4) is 0 Å². The van der Waals surface area contributed by atoms with Crippen molar-refractivity contribution >= 4 is 28.5 Å². The van der Waals surface area contributed by atoms with Gasteiger partial charge in [0, 0.05) is 57.5 Å². The summed E-state index contributed by atoms with van der Waals surface area (Å²) in [6, 6.07) is 12.3. The van der Waals surface area contributed by atoms with E-state index in [9.17, 15) is 9.59 Å². The van der Waals surface area contributed by atoms with Gasteiger partial charge in [0.25, 0.3) is 0 Å². The van der Waals surface area contributed by atoms with Crippen LogP contribution in [0.1, 0.15) is 19.8 Å². The lowest BCUT2D eigenvalue weighted by Gasteiger charge is -2.38. The topological polar surface area (TPSA) is 56.8 Å². The molecule has 0 aliphatic carbocycles. The number of likely N-dealkylation sites (tertiary alicyclic amines) is 1. The number of anilines is 1. The fraction of sp³-hybridized carbons (Fsp3) is 0.476. The first-order chi connectivity index (χ1) is 13.1. The summed E-state index contributed by atoms with van der Waals surface area (Å²) in [6.45, 7) is 6.09. The van der Waals surface area contributed by atoms with Gasteiger partial charge in [-0.25, -0.2) is 4.98 Å². The zero-order valence-corrected chi connectivity index (χ0v) is 15.8. The quantitative estimate of drug-likeness (QED) is 0.817. The van der Waals surface area contributed by atoms with Crippen LogP contribution >= 0.6 is 0 Å². The minimum atomic E-state index is 0.0611. The Bertz CT molecular complexity index is 837. The summed E-state index contributed by atoms with van der Waals surface area (Å²) < 4.78 is 0. The maximum atomic E-state index is 12.8. The summed E-state index contributed by atoms with van der Waals surface area (Å²) in [5.74, 6) is 1.41. The van der Waals surface area contributed by atoms with Crippen LogP contribution in [0.4, 0.5) is 5.82 Å². The van der Waals surface area contributed by atoms with Crippen molar-refractivity contribution in [3.05, 3.63) is 36.4 Å². The first kappa shape index (κ1) is 17.8. The molecule has 0 atom stereocenters. The number of aromatic nitrogens is 1. The Morgan fingerprint density at radius 2 is 1.59 bits per heavy atom. The predicted octanol–water partition coefficient (Wildman–Crippen LogP) is 2.14. The zero-order valence-electron chi connectivity index (χ0n) is 15.8. The highest BCUT2D eigenvalue weighted by Gasteiger charge is 2.31. The molecule has 2 aliphatic heterocycles. The third-order valence-corrected chi connectivity index (χ3v) is 5.79. The minimum Gasteiger partial charge on any atom is -0.353 e. The van der Waals surface area contributed by atoms with Crippen LogP contribution in [0.25, 0.3) is 10.9 Å². The molecule has 2 aromatic rings. The van der Waals surface area contributed by atoms with E-state index in [-0.39, 0.29) is 17.7 Å². The van der Waals surface area contributed by atoms with Crippen LogP contribution in [0, 0.1) is 5.92 Å². The third kappa shape index (κ3) is 3.75. The van der Waals surface area contributed by atoms with Crippen molar-refractivity contribution in [1.29, 1.82) is 0 Å². The molecule has 0 radical (unpaired) electrons. The lowest BCUT2D eigenvalue weighted by atomic mass is 9.95. The highest BCUT2D eigenvalue weighted by atomic mass is 16.2. The Morgan fingerprint density at radius 1 is 0.889 bits per heavy atom. The summed E-state index contributed by atoms with van der Waals surface area (Å²) in [7, 11) is 0. The first-order valence-corrected chi connectivity index (χ1v) is 9.77. The number of rotatable bonds is 2. The molecule has 1 aromatic heterocycles. The number of amides is 2. The van der Waals surface area contributed by atoms with E-state index in [4.69, 9.17) is 4.98 Å². The summed E-state index contributed by atoms with van der Waals surface area (Å²) in [6.07, 6.45) is 1.57. The SMILES string of the molecule is CC(=O)N1CCC(C(=O)N2CCN(c3ccc4ccccc4n3)CC2)CC1. The number of hydrogen-bond donors (Lipinski definition) is 0. The van der Waals surface area contributed by atoms with Crippen molar-refractivity contribution in [3.63, 3.8) is 0 Å². The average Bonchev–Trinajstić information content (AvgIpc) is 2.73. The van der Waals surface area contributed by atoms with Gasteiger partial charge in [0.1, 0.15) is 5.82 Å². The van der Waals surface area contributed by atoms with Gasteiger partial charge in [0.2, 0.25) is 11.8 Å². The largest absolute Gasteiger partial charge is 0.353 e. The van der Waals surface area contributed by atoms with Gasteiger partial charge in [-0.1, -0.05) is 18.2 Å². The second kappa shape index (κ2) is 7.55. The number of piperazine rings is 1. The Balaban J connectivity index is 1.34. The Labute approximate surface area is 159 Å². The van der Waals surface area contributed by atoms with Crippen molar-refractivity contribution in [2.75, 3.05) is 44.2 Å². The van der Waals surface area contributed by atoms with Gasteiger partial charge in [-0.05, 0) is 31.0 Å². The lowest BCUT2D eigenvalue weighted by Crippen LogP contribution is -2.52. The van der Waals surface area contributed by atoms with E-state index in [1.54, 1.807) is 6.92 Å². The molecule has 27 heavy (non-hydrogen) atoms. The number of fused-ring (bicyclic) bond motifs is 1. The molecule has 4 rings (SSSR count). The maximum Gasteiger partial charge on any atom is 0.225 e. The van der Waals surface area contributed by atoms with Gasteiger partial charge in [0.15, 0.2) is 0 Å². The molecule has 2 fully saturated rings. The second-order valence-corrected chi connectivity index (χ2v) is 7.45. The van der Waals surface area contributed by atoms with Gasteiger partial charge < -0.3 is 14.7 Å². The van der Waals surface area contributed by atoms with E-state index in [0.29, 0.717) is 13.1 Å². The van der Waals surface area contributed by atoms with Crippen molar-refractivity contribution < 1.29 is 9.59 Å². The molecule has 0 bridgehead atoms. The Hall–Kier alpha value is -2.63. The molecule has 0 N–H and O–H groups in total. The van der Waals surface area contributed by atoms with Crippen LogP contribution < -0.4 is 4.90 Å². The standard InChI is InChI=1S/C21H26N4O2/c1-16(26)23-10-8-18(9-11-23)21(27)25-14-12-24(13-15-25)20-7-6-17-4-2-3-5-19(17)22-20/h2-7,18H,8-15H2,1H3. The number of benzene rings is 1. The number of piperidine rings is 1. The van der Waals surface area contributed by atoms with E-state index in [1.807, 2.05) is 28.0 Å². The maximum absolute atomic E-state index is 12.8. The molecule has 3 heterocycles. The van der Waals surface area contributed by atoms with Gasteiger partial charge in [-0.15, -0.1) is 0 Å². The summed E-state index contributed by atoms with van der Waals surface area (Å²) in [4.78, 5) is 35.1. The molecular formula is C21H26N4O2. The smallest absolute Gasteiger partial charge is 0.225 e. The number of carbonyl (C=O) groups is 2. The van der Waals surface area contributed by atoms with E-state index < -0.39 is 0 Å². The Morgan fingerprint density at radius 3 is 2.30 bits per heavy atom. The van der Waals surface area contributed by atoms with Gasteiger partial charge >= 0.3 is 0 Å². The minimum absolute atomic E-state index is 0.0611. The average molecular weight is 366 g/mol.